The van der Waals surface area contributed by atoms with Gasteiger partial charge in [0, 0.05) is 24.4 Å². The summed E-state index contributed by atoms with van der Waals surface area (Å²) < 4.78 is 28.5. The summed E-state index contributed by atoms with van der Waals surface area (Å²) in [5, 5.41) is 11.2. The molecule has 10 heteroatoms. The lowest BCUT2D eigenvalue weighted by Crippen LogP contribution is -2.32. The van der Waals surface area contributed by atoms with Gasteiger partial charge in [-0.3, -0.25) is 10.1 Å². The van der Waals surface area contributed by atoms with Crippen LogP contribution in [0.15, 0.2) is 27.4 Å². The molecule has 2 heterocycles. The predicted molar refractivity (Wildman–Crippen MR) is 117 cm³/mol. The fourth-order valence-corrected chi connectivity index (χ4v) is 6.33. The normalized spacial score (nSPS) is 15.8. The van der Waals surface area contributed by atoms with Crippen LogP contribution in [-0.4, -0.2) is 47.7 Å². The highest BCUT2D eigenvalue weighted by molar-refractivity contribution is 8.01. The highest BCUT2D eigenvalue weighted by Gasteiger charge is 2.26. The van der Waals surface area contributed by atoms with E-state index < -0.39 is 10.0 Å². The molecule has 29 heavy (non-hydrogen) atoms. The zero-order valence-corrected chi connectivity index (χ0v) is 19.1. The molecule has 1 aliphatic rings. The number of carbonyl (C=O) groups excluding carboxylic acids is 1. The summed E-state index contributed by atoms with van der Waals surface area (Å²) in [4.78, 5) is 12.9. The van der Waals surface area contributed by atoms with Crippen LogP contribution in [0, 0.1) is 6.92 Å². The van der Waals surface area contributed by atoms with Crippen LogP contribution in [0.4, 0.5) is 5.13 Å². The smallest absolute Gasteiger partial charge is 0.257 e. The molecule has 1 fully saturated rings. The second-order valence-corrected chi connectivity index (χ2v) is 11.2. The summed E-state index contributed by atoms with van der Waals surface area (Å²) in [6.07, 6.45) is 4.87. The van der Waals surface area contributed by atoms with E-state index in [1.807, 2.05) is 0 Å². The van der Waals surface area contributed by atoms with Crippen molar-refractivity contribution in [2.75, 3.05) is 24.2 Å². The number of thioether (sulfide) groups is 1. The van der Waals surface area contributed by atoms with Gasteiger partial charge in [0.15, 0.2) is 4.34 Å². The largest absolute Gasteiger partial charge is 0.296 e. The maximum absolute atomic E-state index is 13.1. The van der Waals surface area contributed by atoms with E-state index in [1.165, 1.54) is 21.7 Å². The number of anilines is 1. The first-order chi connectivity index (χ1) is 13.9. The lowest BCUT2D eigenvalue weighted by atomic mass is 10.1. The standard InChI is InChI=1S/C19H26N4O3S3/c1-3-12-27-19-22-21-18(28-19)20-17(24)16-13-15(9-8-14(16)2)29(25,26)23-10-6-4-5-7-11-23/h8-9,13H,3-7,10-12H2,1-2H3,(H,20,21,24). The van der Waals surface area contributed by atoms with Gasteiger partial charge in [-0.1, -0.05) is 48.9 Å². The summed E-state index contributed by atoms with van der Waals surface area (Å²) in [5.41, 5.74) is 1.04. The number of nitrogens with zero attached hydrogens (tertiary/aromatic N) is 3. The number of aryl methyl sites for hydroxylation is 1. The predicted octanol–water partition coefficient (Wildman–Crippen LogP) is 4.17. The molecule has 0 radical (unpaired) electrons. The monoisotopic (exact) mass is 454 g/mol. The van der Waals surface area contributed by atoms with Crippen LogP contribution in [0.3, 0.4) is 0 Å². The van der Waals surface area contributed by atoms with Crippen LogP contribution < -0.4 is 5.32 Å². The Balaban J connectivity index is 1.79. The average Bonchev–Trinajstić information content (AvgIpc) is 2.96. The van der Waals surface area contributed by atoms with Crippen molar-refractivity contribution in [3.05, 3.63) is 29.3 Å². The van der Waals surface area contributed by atoms with E-state index in [0.717, 1.165) is 42.2 Å². The topological polar surface area (TPSA) is 92.3 Å². The van der Waals surface area contributed by atoms with Gasteiger partial charge in [-0.05, 0) is 43.9 Å². The molecule has 0 unspecified atom stereocenters. The molecule has 158 valence electrons. The first-order valence-electron chi connectivity index (χ1n) is 9.80. The van der Waals surface area contributed by atoms with Gasteiger partial charge in [0.25, 0.3) is 5.91 Å². The zero-order valence-electron chi connectivity index (χ0n) is 16.7. The first kappa shape index (κ1) is 22.2. The van der Waals surface area contributed by atoms with Gasteiger partial charge in [0.2, 0.25) is 15.2 Å². The minimum atomic E-state index is -3.61. The molecule has 1 N–H and O–H groups in total. The van der Waals surface area contributed by atoms with E-state index in [-0.39, 0.29) is 10.8 Å². The average molecular weight is 455 g/mol. The van der Waals surface area contributed by atoms with Gasteiger partial charge in [-0.25, -0.2) is 8.42 Å². The molecule has 0 bridgehead atoms. The quantitative estimate of drug-likeness (QED) is 0.499. The van der Waals surface area contributed by atoms with Crippen molar-refractivity contribution >= 4 is 44.2 Å². The number of nitrogens with one attached hydrogen (secondary N) is 1. The molecule has 0 saturated carbocycles. The molecule has 7 nitrogen and oxygen atoms in total. The Kier molecular flexibility index (Phi) is 7.66. The molecule has 1 saturated heterocycles. The number of amides is 1. The zero-order chi connectivity index (χ0) is 20.9. The number of sulfonamides is 1. The maximum atomic E-state index is 13.1. The van der Waals surface area contributed by atoms with Crippen LogP contribution in [0.5, 0.6) is 0 Å². The minimum absolute atomic E-state index is 0.159. The maximum Gasteiger partial charge on any atom is 0.257 e. The Morgan fingerprint density at radius 1 is 1.21 bits per heavy atom. The molecular weight excluding hydrogens is 428 g/mol. The van der Waals surface area contributed by atoms with Crippen molar-refractivity contribution in [3.8, 4) is 0 Å². The minimum Gasteiger partial charge on any atom is -0.296 e. The molecule has 2 aromatic rings. The highest BCUT2D eigenvalue weighted by Crippen LogP contribution is 2.27. The fraction of sp³-hybridized carbons (Fsp3) is 0.526. The molecule has 0 aliphatic carbocycles. The van der Waals surface area contributed by atoms with Gasteiger partial charge in [-0.2, -0.15) is 4.31 Å². The van der Waals surface area contributed by atoms with Crippen molar-refractivity contribution in [2.45, 2.75) is 55.2 Å². The Labute approximate surface area is 180 Å². The Morgan fingerprint density at radius 3 is 2.62 bits per heavy atom. The summed E-state index contributed by atoms with van der Waals surface area (Å²) in [6.45, 7) is 4.94. The third-order valence-electron chi connectivity index (χ3n) is 4.71. The molecule has 0 spiro atoms. The fourth-order valence-electron chi connectivity index (χ4n) is 3.11. The third kappa shape index (κ3) is 5.56. The number of rotatable bonds is 7. The van der Waals surface area contributed by atoms with Crippen molar-refractivity contribution in [2.24, 2.45) is 0 Å². The van der Waals surface area contributed by atoms with E-state index in [0.29, 0.717) is 29.3 Å². The van der Waals surface area contributed by atoms with E-state index in [2.05, 4.69) is 22.4 Å². The molecular formula is C19H26N4O3S3. The Morgan fingerprint density at radius 2 is 1.93 bits per heavy atom. The summed E-state index contributed by atoms with van der Waals surface area (Å²) in [5.74, 6) is 0.566. The highest BCUT2D eigenvalue weighted by atomic mass is 32.2. The van der Waals surface area contributed by atoms with Crippen LogP contribution in [0.2, 0.25) is 0 Å². The van der Waals surface area contributed by atoms with E-state index in [1.54, 1.807) is 30.8 Å². The van der Waals surface area contributed by atoms with Crippen molar-refractivity contribution in [1.29, 1.82) is 0 Å². The molecule has 0 atom stereocenters. The number of benzene rings is 1. The van der Waals surface area contributed by atoms with Crippen molar-refractivity contribution in [3.63, 3.8) is 0 Å². The van der Waals surface area contributed by atoms with Gasteiger partial charge < -0.3 is 0 Å². The Hall–Kier alpha value is -1.49. The number of hydrogen-bond acceptors (Lipinski definition) is 7. The van der Waals surface area contributed by atoms with Gasteiger partial charge in [0.05, 0.1) is 4.90 Å². The summed E-state index contributed by atoms with van der Waals surface area (Å²) in [6, 6.07) is 4.73. The van der Waals surface area contributed by atoms with Crippen molar-refractivity contribution in [1.82, 2.24) is 14.5 Å². The van der Waals surface area contributed by atoms with Gasteiger partial charge >= 0.3 is 0 Å². The summed E-state index contributed by atoms with van der Waals surface area (Å²) >= 11 is 2.92. The van der Waals surface area contributed by atoms with Gasteiger partial charge in [-0.15, -0.1) is 10.2 Å². The van der Waals surface area contributed by atoms with Crippen LogP contribution in [-0.2, 0) is 10.0 Å². The number of aromatic nitrogens is 2. The molecule has 1 aromatic carbocycles. The number of carbonyl (C=O) groups is 1. The first-order valence-corrected chi connectivity index (χ1v) is 13.0. The summed E-state index contributed by atoms with van der Waals surface area (Å²) in [7, 11) is -3.61. The second-order valence-electron chi connectivity index (χ2n) is 6.97. The Bertz CT molecular complexity index is 951. The lowest BCUT2D eigenvalue weighted by Gasteiger charge is -2.20. The lowest BCUT2D eigenvalue weighted by molar-refractivity contribution is 0.102. The number of hydrogen-bond donors (Lipinski definition) is 1. The van der Waals surface area contributed by atoms with Crippen molar-refractivity contribution < 1.29 is 13.2 Å². The molecule has 1 amide bonds. The van der Waals surface area contributed by atoms with Crippen LogP contribution in [0.1, 0.15) is 54.9 Å². The van der Waals surface area contributed by atoms with Crippen LogP contribution in [0.25, 0.3) is 0 Å². The molecule has 1 aliphatic heterocycles. The SMILES string of the molecule is CCCSc1nnc(NC(=O)c2cc(S(=O)(=O)N3CCCCCC3)ccc2C)s1. The third-order valence-corrected chi connectivity index (χ3v) is 8.79. The van der Waals surface area contributed by atoms with E-state index in [4.69, 9.17) is 0 Å². The van der Waals surface area contributed by atoms with E-state index in [9.17, 15) is 13.2 Å². The van der Waals surface area contributed by atoms with E-state index >= 15 is 0 Å². The van der Waals surface area contributed by atoms with Gasteiger partial charge in [0.1, 0.15) is 0 Å². The second kappa shape index (κ2) is 10.0. The molecule has 3 rings (SSSR count). The molecule has 1 aromatic heterocycles. The van der Waals surface area contributed by atoms with Crippen LogP contribution >= 0.6 is 23.1 Å².